The van der Waals surface area contributed by atoms with Gasteiger partial charge in [0, 0.05) is 26.2 Å². The van der Waals surface area contributed by atoms with Crippen LogP contribution in [-0.4, -0.2) is 52.5 Å². The summed E-state index contributed by atoms with van der Waals surface area (Å²) in [6, 6.07) is 20.5. The largest absolute Gasteiger partial charge is 0.344 e. The minimum atomic E-state index is -0.0606. The fraction of sp³-hybridized carbons (Fsp3) is 0.318. The maximum absolute atomic E-state index is 11.0. The lowest BCUT2D eigenvalue weighted by Crippen LogP contribution is -2.29. The molecule has 0 unspecified atom stereocenters. The molecule has 28 heavy (non-hydrogen) atoms. The summed E-state index contributed by atoms with van der Waals surface area (Å²) in [7, 11) is 0. The van der Waals surface area contributed by atoms with E-state index in [1.54, 1.807) is 0 Å². The van der Waals surface area contributed by atoms with E-state index in [1.807, 2.05) is 41.3 Å². The third-order valence-corrected chi connectivity index (χ3v) is 5.14. The normalized spacial score (nSPS) is 15.5. The Morgan fingerprint density at radius 3 is 2.25 bits per heavy atom. The van der Waals surface area contributed by atoms with Crippen LogP contribution in [0.3, 0.4) is 0 Å². The summed E-state index contributed by atoms with van der Waals surface area (Å²) in [5.74, 6) is 1.23. The molecule has 6 nitrogen and oxygen atoms in total. The molecule has 0 atom stereocenters. The fourth-order valence-electron chi connectivity index (χ4n) is 3.68. The van der Waals surface area contributed by atoms with E-state index in [9.17, 15) is 4.79 Å². The first-order valence-electron chi connectivity index (χ1n) is 9.67. The lowest BCUT2D eigenvalue weighted by molar-refractivity contribution is -0.118. The fourth-order valence-corrected chi connectivity index (χ4v) is 3.68. The zero-order valence-electron chi connectivity index (χ0n) is 15.8. The Labute approximate surface area is 164 Å². The van der Waals surface area contributed by atoms with Crippen LogP contribution in [0.2, 0.25) is 0 Å². The Bertz CT molecular complexity index is 842. The minimum Gasteiger partial charge on any atom is -0.344 e. The van der Waals surface area contributed by atoms with Gasteiger partial charge < -0.3 is 9.42 Å². The second-order valence-electron chi connectivity index (χ2n) is 7.07. The number of hydrogen-bond acceptors (Lipinski definition) is 5. The number of carbonyl (C=O) groups is 1. The molecule has 1 aliphatic rings. The van der Waals surface area contributed by atoms with Gasteiger partial charge in [0.2, 0.25) is 12.3 Å². The van der Waals surface area contributed by atoms with Gasteiger partial charge in [-0.15, -0.1) is 0 Å². The first kappa shape index (κ1) is 18.4. The summed E-state index contributed by atoms with van der Waals surface area (Å²) in [4.78, 5) is 19.8. The molecule has 0 N–H and O–H groups in total. The summed E-state index contributed by atoms with van der Waals surface area (Å²) in [5, 5.41) is 4.31. The molecule has 144 valence electrons. The number of benzene rings is 2. The smallest absolute Gasteiger partial charge is 0.240 e. The second-order valence-corrected chi connectivity index (χ2v) is 7.07. The first-order valence-corrected chi connectivity index (χ1v) is 9.67. The Morgan fingerprint density at radius 1 is 0.929 bits per heavy atom. The highest BCUT2D eigenvalue weighted by Crippen LogP contribution is 2.29. The Kier molecular flexibility index (Phi) is 5.77. The Balaban J connectivity index is 1.55. The second kappa shape index (κ2) is 8.80. The predicted molar refractivity (Wildman–Crippen MR) is 106 cm³/mol. The molecule has 6 heteroatoms. The van der Waals surface area contributed by atoms with Gasteiger partial charge in [-0.3, -0.25) is 9.69 Å². The maximum atomic E-state index is 11.0. The van der Waals surface area contributed by atoms with Crippen molar-refractivity contribution in [2.75, 3.05) is 26.2 Å². The van der Waals surface area contributed by atoms with Crippen molar-refractivity contribution in [1.29, 1.82) is 0 Å². The number of hydrogen-bond donors (Lipinski definition) is 0. The molecule has 0 radical (unpaired) electrons. The average molecular weight is 376 g/mol. The molecular weight excluding hydrogens is 352 g/mol. The third kappa shape index (κ3) is 4.28. The van der Waals surface area contributed by atoms with Crippen LogP contribution in [0.1, 0.15) is 35.2 Å². The molecule has 1 aromatic heterocycles. The highest BCUT2D eigenvalue weighted by atomic mass is 16.5. The highest BCUT2D eigenvalue weighted by Gasteiger charge is 2.23. The molecule has 4 rings (SSSR count). The minimum absolute atomic E-state index is 0.0606. The van der Waals surface area contributed by atoms with E-state index in [-0.39, 0.29) is 5.92 Å². The van der Waals surface area contributed by atoms with Crippen LogP contribution in [0.4, 0.5) is 0 Å². The molecule has 0 bridgehead atoms. The van der Waals surface area contributed by atoms with E-state index in [0.717, 1.165) is 50.1 Å². The van der Waals surface area contributed by atoms with Crippen molar-refractivity contribution in [3.63, 3.8) is 0 Å². The van der Waals surface area contributed by atoms with Crippen LogP contribution < -0.4 is 0 Å². The molecule has 0 aliphatic carbocycles. The molecule has 0 saturated carbocycles. The van der Waals surface area contributed by atoms with Gasteiger partial charge in [-0.1, -0.05) is 65.8 Å². The van der Waals surface area contributed by atoms with Crippen LogP contribution in [-0.2, 0) is 11.3 Å². The molecule has 0 spiro atoms. The predicted octanol–water partition coefficient (Wildman–Crippen LogP) is 2.91. The molecular formula is C22H24N4O2. The van der Waals surface area contributed by atoms with Crippen LogP contribution >= 0.6 is 0 Å². The average Bonchev–Trinajstić information content (AvgIpc) is 3.07. The topological polar surface area (TPSA) is 62.5 Å². The summed E-state index contributed by atoms with van der Waals surface area (Å²) in [6.45, 7) is 3.89. The van der Waals surface area contributed by atoms with Gasteiger partial charge >= 0.3 is 0 Å². The van der Waals surface area contributed by atoms with Crippen molar-refractivity contribution >= 4 is 6.41 Å². The zero-order valence-corrected chi connectivity index (χ0v) is 15.8. The van der Waals surface area contributed by atoms with Crippen molar-refractivity contribution in [1.82, 2.24) is 19.9 Å². The number of amides is 1. The zero-order chi connectivity index (χ0) is 19.2. The van der Waals surface area contributed by atoms with Crippen molar-refractivity contribution in [2.24, 2.45) is 0 Å². The van der Waals surface area contributed by atoms with E-state index in [4.69, 9.17) is 9.51 Å². The van der Waals surface area contributed by atoms with Crippen molar-refractivity contribution in [3.8, 4) is 0 Å². The molecule has 2 aromatic carbocycles. The van der Waals surface area contributed by atoms with Crippen LogP contribution in [0.15, 0.2) is 65.2 Å². The summed E-state index contributed by atoms with van der Waals surface area (Å²) in [6.07, 6.45) is 1.88. The standard InChI is InChI=1S/C22H24N4O2/c27-17-26-13-7-12-25(14-15-26)16-20-23-22(24-28-20)21(18-8-3-1-4-9-18)19-10-5-2-6-11-19/h1-6,8-11,17,21H,7,12-16H2. The molecule has 2 heterocycles. The number of nitrogens with zero attached hydrogens (tertiary/aromatic N) is 4. The summed E-state index contributed by atoms with van der Waals surface area (Å²) in [5.41, 5.74) is 2.27. The van der Waals surface area contributed by atoms with Gasteiger partial charge in [-0.25, -0.2) is 0 Å². The monoisotopic (exact) mass is 376 g/mol. The van der Waals surface area contributed by atoms with Gasteiger partial charge in [0.25, 0.3) is 0 Å². The van der Waals surface area contributed by atoms with Gasteiger partial charge in [0.1, 0.15) is 0 Å². The molecule has 1 fully saturated rings. The van der Waals surface area contributed by atoms with E-state index in [0.29, 0.717) is 18.3 Å². The van der Waals surface area contributed by atoms with Crippen molar-refractivity contribution in [3.05, 3.63) is 83.5 Å². The van der Waals surface area contributed by atoms with Crippen LogP contribution in [0, 0.1) is 0 Å². The maximum Gasteiger partial charge on any atom is 0.240 e. The van der Waals surface area contributed by atoms with E-state index >= 15 is 0 Å². The van der Waals surface area contributed by atoms with E-state index < -0.39 is 0 Å². The molecule has 3 aromatic rings. The van der Waals surface area contributed by atoms with Crippen molar-refractivity contribution < 1.29 is 9.32 Å². The Hall–Kier alpha value is -2.99. The lowest BCUT2D eigenvalue weighted by atomic mass is 9.91. The SMILES string of the molecule is O=CN1CCCN(Cc2nc(C(c3ccccc3)c3ccccc3)no2)CC1. The molecule has 1 saturated heterocycles. The quantitative estimate of drug-likeness (QED) is 0.619. The lowest BCUT2D eigenvalue weighted by Gasteiger charge is -2.17. The first-order chi connectivity index (χ1) is 13.8. The van der Waals surface area contributed by atoms with Crippen molar-refractivity contribution in [2.45, 2.75) is 18.9 Å². The summed E-state index contributed by atoms with van der Waals surface area (Å²) >= 11 is 0. The molecule has 1 aliphatic heterocycles. The highest BCUT2D eigenvalue weighted by molar-refractivity contribution is 5.46. The third-order valence-electron chi connectivity index (χ3n) is 5.14. The van der Waals surface area contributed by atoms with E-state index in [1.165, 1.54) is 0 Å². The van der Waals surface area contributed by atoms with Gasteiger partial charge in [-0.2, -0.15) is 4.98 Å². The van der Waals surface area contributed by atoms with Crippen LogP contribution in [0.5, 0.6) is 0 Å². The van der Waals surface area contributed by atoms with Gasteiger partial charge in [-0.05, 0) is 17.5 Å². The van der Waals surface area contributed by atoms with Gasteiger partial charge in [0.15, 0.2) is 5.82 Å². The van der Waals surface area contributed by atoms with Gasteiger partial charge in [0.05, 0.1) is 12.5 Å². The Morgan fingerprint density at radius 2 is 1.61 bits per heavy atom. The van der Waals surface area contributed by atoms with Crippen LogP contribution in [0.25, 0.3) is 0 Å². The number of carbonyl (C=O) groups excluding carboxylic acids is 1. The number of rotatable bonds is 6. The molecule has 1 amide bonds. The summed E-state index contributed by atoms with van der Waals surface area (Å²) < 4.78 is 5.60. The van der Waals surface area contributed by atoms with E-state index in [2.05, 4.69) is 34.3 Å². The number of aromatic nitrogens is 2.